The number of imide groups is 1. The summed E-state index contributed by atoms with van der Waals surface area (Å²) in [6.45, 7) is 9.75. The standard InChI is InChI=1S/C25H28N2O8/c1-24(2,3)34-22(31)18(27-19(28)14-10-8-9-11-15(14)20(27)29)16-12-13-17(21(30)33-7)26(16)23(32)35-25(4,5)6/h8-13,18H,1-7H3. The molecule has 0 fully saturated rings. The van der Waals surface area contributed by atoms with Gasteiger partial charge in [-0.1, -0.05) is 12.1 Å². The van der Waals surface area contributed by atoms with Gasteiger partial charge in [0, 0.05) is 0 Å². The fraction of sp³-hybridized carbons (Fsp3) is 0.400. The molecule has 35 heavy (non-hydrogen) atoms. The number of aromatic nitrogens is 1. The van der Waals surface area contributed by atoms with E-state index in [9.17, 15) is 24.0 Å². The smallest absolute Gasteiger partial charge is 0.419 e. The zero-order valence-corrected chi connectivity index (χ0v) is 20.7. The van der Waals surface area contributed by atoms with Crippen LogP contribution in [0.4, 0.5) is 4.79 Å². The topological polar surface area (TPSA) is 121 Å². The maximum Gasteiger partial charge on any atom is 0.419 e. The summed E-state index contributed by atoms with van der Waals surface area (Å²) in [6.07, 6.45) is -0.997. The molecule has 1 aromatic heterocycles. The second kappa shape index (κ2) is 9.01. The molecule has 2 amide bonds. The molecule has 0 N–H and O–H groups in total. The van der Waals surface area contributed by atoms with Gasteiger partial charge in [-0.05, 0) is 65.8 Å². The summed E-state index contributed by atoms with van der Waals surface area (Å²) in [7, 11) is 1.13. The Balaban J connectivity index is 2.24. The van der Waals surface area contributed by atoms with Crippen LogP contribution in [0.5, 0.6) is 0 Å². The van der Waals surface area contributed by atoms with Crippen molar-refractivity contribution in [3.63, 3.8) is 0 Å². The zero-order valence-electron chi connectivity index (χ0n) is 20.7. The lowest BCUT2D eigenvalue weighted by atomic mass is 10.1. The number of hydrogen-bond acceptors (Lipinski definition) is 8. The molecule has 1 aromatic carbocycles. The minimum atomic E-state index is -1.69. The molecule has 0 spiro atoms. The summed E-state index contributed by atoms with van der Waals surface area (Å²) in [6, 6.07) is 6.97. The van der Waals surface area contributed by atoms with Crippen LogP contribution in [0.2, 0.25) is 0 Å². The summed E-state index contributed by atoms with van der Waals surface area (Å²) in [4.78, 5) is 66.4. The molecule has 2 heterocycles. The molecule has 1 unspecified atom stereocenters. The third kappa shape index (κ3) is 5.11. The van der Waals surface area contributed by atoms with Crippen LogP contribution in [0.1, 0.15) is 84.5 Å². The predicted octanol–water partition coefficient (Wildman–Crippen LogP) is 3.74. The van der Waals surface area contributed by atoms with E-state index in [1.165, 1.54) is 24.3 Å². The van der Waals surface area contributed by atoms with E-state index in [-0.39, 0.29) is 22.5 Å². The first-order chi connectivity index (χ1) is 16.2. The molecule has 1 aliphatic heterocycles. The van der Waals surface area contributed by atoms with Gasteiger partial charge < -0.3 is 14.2 Å². The average molecular weight is 485 g/mol. The fourth-order valence-corrected chi connectivity index (χ4v) is 3.60. The molecule has 3 rings (SSSR count). The van der Waals surface area contributed by atoms with Crippen LogP contribution in [-0.4, -0.2) is 57.6 Å². The van der Waals surface area contributed by atoms with E-state index >= 15 is 0 Å². The Labute approximate surface area is 202 Å². The number of esters is 2. The number of fused-ring (bicyclic) bond motifs is 1. The van der Waals surface area contributed by atoms with E-state index in [1.807, 2.05) is 0 Å². The van der Waals surface area contributed by atoms with Gasteiger partial charge in [0.25, 0.3) is 11.8 Å². The van der Waals surface area contributed by atoms with Gasteiger partial charge in [-0.25, -0.2) is 19.0 Å². The van der Waals surface area contributed by atoms with Gasteiger partial charge >= 0.3 is 18.0 Å². The van der Waals surface area contributed by atoms with E-state index in [1.54, 1.807) is 53.7 Å². The fourth-order valence-electron chi connectivity index (χ4n) is 3.60. The number of carbonyl (C=O) groups excluding carboxylic acids is 5. The molecular formula is C25H28N2O8. The van der Waals surface area contributed by atoms with Crippen LogP contribution < -0.4 is 0 Å². The minimum Gasteiger partial charge on any atom is -0.464 e. The van der Waals surface area contributed by atoms with Crippen molar-refractivity contribution in [3.05, 3.63) is 58.9 Å². The molecule has 0 saturated carbocycles. The molecule has 1 aliphatic rings. The Morgan fingerprint density at radius 1 is 0.800 bits per heavy atom. The van der Waals surface area contributed by atoms with E-state index in [0.717, 1.165) is 16.6 Å². The molecular weight excluding hydrogens is 456 g/mol. The summed E-state index contributed by atoms with van der Waals surface area (Å²) in [5, 5.41) is 0. The van der Waals surface area contributed by atoms with E-state index in [4.69, 9.17) is 14.2 Å². The molecule has 0 radical (unpaired) electrons. The highest BCUT2D eigenvalue weighted by Gasteiger charge is 2.47. The van der Waals surface area contributed by atoms with Gasteiger partial charge in [0.2, 0.25) is 0 Å². The number of hydrogen-bond donors (Lipinski definition) is 0. The van der Waals surface area contributed by atoms with Crippen molar-refractivity contribution in [1.29, 1.82) is 0 Å². The van der Waals surface area contributed by atoms with Gasteiger partial charge in [-0.2, -0.15) is 0 Å². The van der Waals surface area contributed by atoms with Crippen LogP contribution in [0, 0.1) is 0 Å². The lowest BCUT2D eigenvalue weighted by Crippen LogP contribution is -2.43. The zero-order chi connectivity index (χ0) is 26.3. The number of amides is 2. The Morgan fingerprint density at radius 2 is 1.31 bits per heavy atom. The van der Waals surface area contributed by atoms with E-state index < -0.39 is 47.1 Å². The first kappa shape index (κ1) is 25.7. The SMILES string of the molecule is COC(=O)c1ccc(C(C(=O)OC(C)(C)C)N2C(=O)c3ccccc3C2=O)n1C(=O)OC(C)(C)C. The highest BCUT2D eigenvalue weighted by atomic mass is 16.6. The summed E-state index contributed by atoms with van der Waals surface area (Å²) >= 11 is 0. The number of methoxy groups -OCH3 is 1. The highest BCUT2D eigenvalue weighted by Crippen LogP contribution is 2.34. The minimum absolute atomic E-state index is 0.106. The Morgan fingerprint density at radius 3 is 1.77 bits per heavy atom. The second-order valence-electron chi connectivity index (χ2n) is 9.91. The molecule has 0 bridgehead atoms. The average Bonchev–Trinajstić information content (AvgIpc) is 3.27. The normalized spacial score (nSPS) is 14.4. The third-order valence-corrected chi connectivity index (χ3v) is 4.88. The summed E-state index contributed by atoms with van der Waals surface area (Å²) < 4.78 is 16.6. The largest absolute Gasteiger partial charge is 0.464 e. The van der Waals surface area contributed by atoms with Crippen LogP contribution in [0.15, 0.2) is 36.4 Å². The predicted molar refractivity (Wildman–Crippen MR) is 123 cm³/mol. The molecule has 2 aromatic rings. The van der Waals surface area contributed by atoms with Crippen molar-refractivity contribution in [2.75, 3.05) is 7.11 Å². The van der Waals surface area contributed by atoms with Crippen molar-refractivity contribution in [3.8, 4) is 0 Å². The molecule has 0 aliphatic carbocycles. The first-order valence-electron chi connectivity index (χ1n) is 10.9. The number of ether oxygens (including phenoxy) is 3. The van der Waals surface area contributed by atoms with Crippen molar-refractivity contribution >= 4 is 29.8 Å². The molecule has 186 valence electrons. The van der Waals surface area contributed by atoms with Gasteiger partial charge in [0.1, 0.15) is 16.9 Å². The maximum atomic E-state index is 13.4. The quantitative estimate of drug-likeness (QED) is 0.366. The summed E-state index contributed by atoms with van der Waals surface area (Å²) in [5.41, 5.74) is -2.14. The second-order valence-corrected chi connectivity index (χ2v) is 9.91. The summed E-state index contributed by atoms with van der Waals surface area (Å²) in [5.74, 6) is -3.32. The molecule has 10 heteroatoms. The van der Waals surface area contributed by atoms with Gasteiger partial charge in [-0.15, -0.1) is 0 Å². The van der Waals surface area contributed by atoms with Crippen LogP contribution >= 0.6 is 0 Å². The van der Waals surface area contributed by atoms with Gasteiger partial charge in [0.15, 0.2) is 6.04 Å². The van der Waals surface area contributed by atoms with Gasteiger partial charge in [-0.3, -0.25) is 14.5 Å². The maximum absolute atomic E-state index is 13.4. The molecule has 10 nitrogen and oxygen atoms in total. The number of benzene rings is 1. The Hall–Kier alpha value is -3.95. The van der Waals surface area contributed by atoms with Crippen LogP contribution in [0.25, 0.3) is 0 Å². The third-order valence-electron chi connectivity index (χ3n) is 4.88. The van der Waals surface area contributed by atoms with Crippen molar-refractivity contribution in [1.82, 2.24) is 9.47 Å². The lowest BCUT2D eigenvalue weighted by Gasteiger charge is -2.29. The number of carbonyl (C=O) groups is 5. The van der Waals surface area contributed by atoms with Crippen molar-refractivity contribution in [2.45, 2.75) is 58.8 Å². The van der Waals surface area contributed by atoms with E-state index in [0.29, 0.717) is 0 Å². The van der Waals surface area contributed by atoms with Crippen LogP contribution in [0.3, 0.4) is 0 Å². The van der Waals surface area contributed by atoms with E-state index in [2.05, 4.69) is 0 Å². The number of rotatable bonds is 4. The Bertz CT molecular complexity index is 1180. The molecule has 0 saturated heterocycles. The highest BCUT2D eigenvalue weighted by molar-refractivity contribution is 6.22. The molecule has 1 atom stereocenters. The monoisotopic (exact) mass is 484 g/mol. The van der Waals surface area contributed by atoms with Crippen molar-refractivity contribution < 1.29 is 38.2 Å². The Kier molecular flexibility index (Phi) is 6.61. The lowest BCUT2D eigenvalue weighted by molar-refractivity contribution is -0.160. The first-order valence-corrected chi connectivity index (χ1v) is 10.9. The van der Waals surface area contributed by atoms with Crippen LogP contribution in [-0.2, 0) is 19.0 Å². The van der Waals surface area contributed by atoms with Gasteiger partial charge in [0.05, 0.1) is 23.9 Å². The number of nitrogens with zero attached hydrogens (tertiary/aromatic N) is 2. The van der Waals surface area contributed by atoms with Crippen molar-refractivity contribution in [2.24, 2.45) is 0 Å².